The van der Waals surface area contributed by atoms with Crippen molar-refractivity contribution in [3.63, 3.8) is 0 Å². The first-order valence-electron chi connectivity index (χ1n) is 9.26. The van der Waals surface area contributed by atoms with Gasteiger partial charge in [0.1, 0.15) is 16.3 Å². The van der Waals surface area contributed by atoms with Gasteiger partial charge in [0, 0.05) is 17.5 Å². The number of benzene rings is 1. The summed E-state index contributed by atoms with van der Waals surface area (Å²) in [6.45, 7) is 5.84. The zero-order chi connectivity index (χ0) is 20.5. The van der Waals surface area contributed by atoms with Crippen LogP contribution in [0.4, 0.5) is 0 Å². The van der Waals surface area contributed by atoms with E-state index in [0.717, 1.165) is 33.0 Å². The number of hydrogen-bond acceptors (Lipinski definition) is 7. The average Bonchev–Trinajstić information content (AvgIpc) is 3.21. The normalized spacial score (nSPS) is 12.4. The van der Waals surface area contributed by atoms with Gasteiger partial charge in [0.25, 0.3) is 5.91 Å². The molecule has 4 rings (SSSR count). The third kappa shape index (κ3) is 4.00. The number of nitrogens with one attached hydrogen (secondary N) is 1. The van der Waals surface area contributed by atoms with Gasteiger partial charge in [0.2, 0.25) is 4.96 Å². The van der Waals surface area contributed by atoms with E-state index in [1.807, 2.05) is 19.9 Å². The lowest BCUT2D eigenvalue weighted by Crippen LogP contribution is -2.36. The molecule has 0 bridgehead atoms. The number of amides is 1. The molecular formula is C20H20N4O4S. The molecule has 3 aromatic heterocycles. The van der Waals surface area contributed by atoms with Crippen molar-refractivity contribution in [3.8, 4) is 5.75 Å². The number of aromatic nitrogens is 3. The van der Waals surface area contributed by atoms with E-state index in [9.17, 15) is 9.59 Å². The molecule has 0 aliphatic carbocycles. The van der Waals surface area contributed by atoms with Crippen LogP contribution in [0.2, 0.25) is 0 Å². The maximum atomic E-state index is 12.4. The summed E-state index contributed by atoms with van der Waals surface area (Å²) < 4.78 is 12.7. The second-order valence-electron chi connectivity index (χ2n) is 6.66. The van der Waals surface area contributed by atoms with Gasteiger partial charge in [-0.05, 0) is 38.0 Å². The number of carbonyl (C=O) groups excluding carboxylic acids is 1. The van der Waals surface area contributed by atoms with Gasteiger partial charge in [0.15, 0.2) is 6.10 Å². The summed E-state index contributed by atoms with van der Waals surface area (Å²) in [5.41, 5.74) is 1.68. The number of ether oxygens (including phenoxy) is 1. The van der Waals surface area contributed by atoms with Crippen LogP contribution in [0.3, 0.4) is 0 Å². The van der Waals surface area contributed by atoms with Crippen molar-refractivity contribution in [2.24, 2.45) is 0 Å². The van der Waals surface area contributed by atoms with Gasteiger partial charge >= 0.3 is 5.63 Å². The van der Waals surface area contributed by atoms with E-state index in [4.69, 9.17) is 9.15 Å². The molecule has 0 spiro atoms. The molecule has 0 aliphatic rings. The van der Waals surface area contributed by atoms with Crippen LogP contribution in [0.1, 0.15) is 30.1 Å². The smallest absolute Gasteiger partial charge is 0.336 e. The summed E-state index contributed by atoms with van der Waals surface area (Å²) in [5, 5.41) is 8.91. The molecule has 0 saturated heterocycles. The van der Waals surface area contributed by atoms with Crippen LogP contribution in [0, 0.1) is 6.92 Å². The first-order valence-corrected chi connectivity index (χ1v) is 10.1. The highest BCUT2D eigenvalue weighted by atomic mass is 32.1. The van der Waals surface area contributed by atoms with E-state index in [1.165, 1.54) is 17.4 Å². The fraction of sp³-hybridized carbons (Fsp3) is 0.300. The quantitative estimate of drug-likeness (QED) is 0.489. The highest BCUT2D eigenvalue weighted by Crippen LogP contribution is 2.23. The largest absolute Gasteiger partial charge is 0.481 e. The monoisotopic (exact) mass is 412 g/mol. The number of carbonyl (C=O) groups is 1. The maximum Gasteiger partial charge on any atom is 0.336 e. The van der Waals surface area contributed by atoms with Crippen LogP contribution < -0.4 is 15.7 Å². The Morgan fingerprint density at radius 1 is 1.38 bits per heavy atom. The zero-order valence-electron chi connectivity index (χ0n) is 16.3. The molecule has 1 unspecified atom stereocenters. The van der Waals surface area contributed by atoms with Crippen molar-refractivity contribution in [1.29, 1.82) is 0 Å². The van der Waals surface area contributed by atoms with Crippen LogP contribution in [0.25, 0.3) is 15.9 Å². The molecule has 4 aromatic rings. The van der Waals surface area contributed by atoms with E-state index in [0.29, 0.717) is 11.3 Å². The van der Waals surface area contributed by atoms with Gasteiger partial charge in [-0.25, -0.2) is 14.3 Å². The van der Waals surface area contributed by atoms with Crippen LogP contribution in [-0.4, -0.2) is 26.6 Å². The number of aryl methyl sites for hydroxylation is 2. The first-order chi connectivity index (χ1) is 13.9. The lowest BCUT2D eigenvalue weighted by atomic mass is 10.1. The molecule has 0 saturated carbocycles. The molecule has 1 atom stereocenters. The number of rotatable bonds is 6. The van der Waals surface area contributed by atoms with Gasteiger partial charge in [0.05, 0.1) is 18.4 Å². The number of fused-ring (bicyclic) bond motifs is 2. The minimum atomic E-state index is -0.724. The van der Waals surface area contributed by atoms with E-state index in [-0.39, 0.29) is 12.5 Å². The van der Waals surface area contributed by atoms with Gasteiger partial charge < -0.3 is 14.5 Å². The van der Waals surface area contributed by atoms with Gasteiger partial charge in [-0.3, -0.25) is 4.79 Å². The molecule has 1 N–H and O–H groups in total. The minimum Gasteiger partial charge on any atom is -0.481 e. The zero-order valence-corrected chi connectivity index (χ0v) is 17.1. The van der Waals surface area contributed by atoms with E-state index < -0.39 is 11.7 Å². The Morgan fingerprint density at radius 3 is 2.97 bits per heavy atom. The summed E-state index contributed by atoms with van der Waals surface area (Å²) in [7, 11) is 0. The Bertz CT molecular complexity index is 1230. The van der Waals surface area contributed by atoms with Crippen molar-refractivity contribution in [2.45, 2.75) is 39.8 Å². The first kappa shape index (κ1) is 19.1. The summed E-state index contributed by atoms with van der Waals surface area (Å²) in [4.78, 5) is 29.3. The predicted octanol–water partition coefficient (Wildman–Crippen LogP) is 2.85. The van der Waals surface area contributed by atoms with Crippen molar-refractivity contribution in [3.05, 3.63) is 57.1 Å². The maximum absolute atomic E-state index is 12.4. The van der Waals surface area contributed by atoms with Gasteiger partial charge in [-0.2, -0.15) is 5.10 Å². The lowest BCUT2D eigenvalue weighted by molar-refractivity contribution is -0.127. The van der Waals surface area contributed by atoms with Crippen molar-refractivity contribution in [2.75, 3.05) is 0 Å². The van der Waals surface area contributed by atoms with E-state index in [2.05, 4.69) is 15.4 Å². The van der Waals surface area contributed by atoms with Crippen molar-refractivity contribution in [1.82, 2.24) is 19.9 Å². The van der Waals surface area contributed by atoms with Crippen LogP contribution in [0.15, 0.2) is 39.7 Å². The van der Waals surface area contributed by atoms with Gasteiger partial charge in [-0.1, -0.05) is 18.3 Å². The fourth-order valence-corrected chi connectivity index (χ4v) is 3.83. The van der Waals surface area contributed by atoms with Crippen LogP contribution in [-0.2, 0) is 17.8 Å². The highest BCUT2D eigenvalue weighted by Gasteiger charge is 2.16. The Morgan fingerprint density at radius 2 is 2.21 bits per heavy atom. The SMILES string of the molecule is CCc1cc(=O)oc2cc(OC(C)C(=O)NCc3cn4nc(C)sc4n3)ccc12. The number of imidazole rings is 1. The fourth-order valence-electron chi connectivity index (χ4n) is 3.09. The molecule has 150 valence electrons. The van der Waals surface area contributed by atoms with E-state index in [1.54, 1.807) is 29.8 Å². The second kappa shape index (κ2) is 7.67. The molecule has 0 aliphatic heterocycles. The van der Waals surface area contributed by atoms with Gasteiger partial charge in [-0.15, -0.1) is 0 Å². The molecule has 29 heavy (non-hydrogen) atoms. The number of hydrogen-bond donors (Lipinski definition) is 1. The van der Waals surface area contributed by atoms with Crippen molar-refractivity contribution >= 4 is 33.2 Å². The Hall–Kier alpha value is -3.20. The summed E-state index contributed by atoms with van der Waals surface area (Å²) >= 11 is 1.49. The Balaban J connectivity index is 1.42. The minimum absolute atomic E-state index is 0.269. The van der Waals surface area contributed by atoms with Crippen molar-refractivity contribution < 1.29 is 13.9 Å². The molecule has 9 heteroatoms. The third-order valence-corrected chi connectivity index (χ3v) is 5.34. The third-order valence-electron chi connectivity index (χ3n) is 4.50. The van der Waals surface area contributed by atoms with Crippen LogP contribution in [0.5, 0.6) is 5.75 Å². The predicted molar refractivity (Wildman–Crippen MR) is 109 cm³/mol. The Labute approximate surface area is 170 Å². The Kier molecular flexibility index (Phi) is 5.06. The molecule has 8 nitrogen and oxygen atoms in total. The van der Waals surface area contributed by atoms with E-state index >= 15 is 0 Å². The molecule has 0 fully saturated rings. The second-order valence-corrected chi connectivity index (χ2v) is 7.82. The molecule has 3 heterocycles. The standard InChI is InChI=1S/C20H20N4O4S/c1-4-13-7-18(25)28-17-8-15(5-6-16(13)17)27-11(2)19(26)21-9-14-10-24-20(22-14)29-12(3)23-24/h5-8,10-11H,4,9H2,1-3H3,(H,21,26). The molecule has 1 amide bonds. The molecule has 0 radical (unpaired) electrons. The summed E-state index contributed by atoms with van der Waals surface area (Å²) in [5.74, 6) is 0.188. The molecule has 1 aromatic carbocycles. The van der Waals surface area contributed by atoms with Crippen LogP contribution >= 0.6 is 11.3 Å². The lowest BCUT2D eigenvalue weighted by Gasteiger charge is -2.15. The topological polar surface area (TPSA) is 98.7 Å². The average molecular weight is 412 g/mol. The highest BCUT2D eigenvalue weighted by molar-refractivity contribution is 7.16. The summed E-state index contributed by atoms with van der Waals surface area (Å²) in [6.07, 6.45) is 1.79. The molecular weight excluding hydrogens is 392 g/mol. The number of nitrogens with zero attached hydrogens (tertiary/aromatic N) is 3. The summed E-state index contributed by atoms with van der Waals surface area (Å²) in [6, 6.07) is 6.74.